The van der Waals surface area contributed by atoms with Crippen LogP contribution in [0.4, 0.5) is 24.5 Å². The van der Waals surface area contributed by atoms with Gasteiger partial charge in [-0.2, -0.15) is 13.2 Å². The maximum absolute atomic E-state index is 12.9. The average molecular weight is 284 g/mol. The molecule has 20 heavy (non-hydrogen) atoms. The highest BCUT2D eigenvalue weighted by molar-refractivity contribution is 5.95. The second-order valence-corrected chi connectivity index (χ2v) is 5.50. The number of carbonyl (C=O) groups excluding carboxylic acids is 1. The van der Waals surface area contributed by atoms with Crippen LogP contribution in [0.3, 0.4) is 0 Å². The number of anilines is 1. The summed E-state index contributed by atoms with van der Waals surface area (Å²) in [6.45, 7) is 13.3. The summed E-state index contributed by atoms with van der Waals surface area (Å²) < 4.78 is 38.6. The van der Waals surface area contributed by atoms with Gasteiger partial charge in [0.25, 0.3) is 0 Å². The molecular weight excluding hydrogens is 269 g/mol. The van der Waals surface area contributed by atoms with Crippen molar-refractivity contribution < 1.29 is 18.0 Å². The lowest BCUT2D eigenvalue weighted by Gasteiger charge is -2.20. The van der Waals surface area contributed by atoms with Crippen LogP contribution in [0.15, 0.2) is 12.1 Å². The molecule has 0 aliphatic carbocycles. The fourth-order valence-electron chi connectivity index (χ4n) is 1.46. The van der Waals surface area contributed by atoms with Gasteiger partial charge in [-0.1, -0.05) is 26.8 Å². The summed E-state index contributed by atoms with van der Waals surface area (Å²) in [5, 5.41) is 2.47. The van der Waals surface area contributed by atoms with Gasteiger partial charge >= 0.3 is 6.18 Å². The molecule has 1 aromatic carbocycles. The molecule has 0 aliphatic heterocycles. The molecular formula is C14H15F3N2O. The Morgan fingerprint density at radius 1 is 1.25 bits per heavy atom. The highest BCUT2D eigenvalue weighted by atomic mass is 19.4. The number of halogens is 3. The number of alkyl halides is 3. The normalized spacial score (nSPS) is 11.9. The zero-order valence-corrected chi connectivity index (χ0v) is 11.6. The molecule has 0 heterocycles. The largest absolute Gasteiger partial charge is 0.407 e. The van der Waals surface area contributed by atoms with Gasteiger partial charge in [0.1, 0.15) is 0 Å². The smallest absolute Gasteiger partial charge is 0.325 e. The number of carbonyl (C=O) groups is 1. The Morgan fingerprint density at radius 3 is 2.20 bits per heavy atom. The zero-order chi connectivity index (χ0) is 15.7. The molecule has 0 atom stereocenters. The Bertz CT molecular complexity index is 578. The van der Waals surface area contributed by atoms with Gasteiger partial charge in [0, 0.05) is 11.1 Å². The van der Waals surface area contributed by atoms with Crippen LogP contribution in [0.1, 0.15) is 31.9 Å². The minimum absolute atomic E-state index is 0.0738. The topological polar surface area (TPSA) is 33.5 Å². The van der Waals surface area contributed by atoms with E-state index in [0.29, 0.717) is 5.56 Å². The quantitative estimate of drug-likeness (QED) is 0.754. The van der Waals surface area contributed by atoms with Gasteiger partial charge in [-0.3, -0.25) is 4.79 Å². The second-order valence-electron chi connectivity index (χ2n) is 5.50. The first-order chi connectivity index (χ1) is 8.96. The van der Waals surface area contributed by atoms with Crippen LogP contribution in [0, 0.1) is 18.9 Å². The number of aryl methyl sites for hydroxylation is 1. The monoisotopic (exact) mass is 284 g/mol. The summed E-state index contributed by atoms with van der Waals surface area (Å²) in [7, 11) is 0. The van der Waals surface area contributed by atoms with Crippen molar-refractivity contribution in [3.8, 4) is 0 Å². The van der Waals surface area contributed by atoms with E-state index in [-0.39, 0.29) is 11.6 Å². The highest BCUT2D eigenvalue weighted by Crippen LogP contribution is 2.39. The minimum Gasteiger partial charge on any atom is -0.325 e. The van der Waals surface area contributed by atoms with Crippen LogP contribution in [0.2, 0.25) is 0 Å². The molecule has 0 saturated carbocycles. The molecule has 1 amide bonds. The van der Waals surface area contributed by atoms with Crippen molar-refractivity contribution >= 4 is 17.3 Å². The number of rotatable bonds is 1. The van der Waals surface area contributed by atoms with Crippen molar-refractivity contribution in [3.63, 3.8) is 0 Å². The van der Waals surface area contributed by atoms with E-state index >= 15 is 0 Å². The number of hydrogen-bond donors (Lipinski definition) is 1. The Morgan fingerprint density at radius 2 is 1.80 bits per heavy atom. The van der Waals surface area contributed by atoms with E-state index in [2.05, 4.69) is 10.2 Å². The van der Waals surface area contributed by atoms with Crippen molar-refractivity contribution in [2.45, 2.75) is 33.9 Å². The minimum atomic E-state index is -4.63. The average Bonchev–Trinajstić information content (AvgIpc) is 2.28. The first kappa shape index (κ1) is 16.0. The molecule has 1 rings (SSSR count). The number of nitrogens with one attached hydrogen (secondary N) is 1. The first-order valence-corrected chi connectivity index (χ1v) is 5.87. The molecule has 0 aliphatic rings. The van der Waals surface area contributed by atoms with Gasteiger partial charge in [-0.05, 0) is 18.6 Å². The number of nitrogens with zero attached hydrogens (tertiary/aromatic N) is 1. The lowest BCUT2D eigenvalue weighted by atomic mass is 9.95. The molecule has 0 aromatic heterocycles. The molecule has 3 nitrogen and oxygen atoms in total. The summed E-state index contributed by atoms with van der Waals surface area (Å²) in [5.41, 5.74) is -1.74. The molecule has 0 unspecified atom stereocenters. The van der Waals surface area contributed by atoms with Crippen LogP contribution in [-0.4, -0.2) is 5.91 Å². The molecule has 0 fully saturated rings. The molecule has 6 heteroatoms. The fraction of sp³-hybridized carbons (Fsp3) is 0.429. The summed E-state index contributed by atoms with van der Waals surface area (Å²) in [6, 6.07) is 1.94. The van der Waals surface area contributed by atoms with Gasteiger partial charge in [0.2, 0.25) is 5.91 Å². The third kappa shape index (κ3) is 3.50. The van der Waals surface area contributed by atoms with Gasteiger partial charge in [0.05, 0.1) is 12.1 Å². The molecule has 0 spiro atoms. The molecule has 1 aromatic rings. The Kier molecular flexibility index (Phi) is 4.13. The Labute approximate surface area is 115 Å². The maximum Gasteiger partial charge on any atom is 0.407 e. The van der Waals surface area contributed by atoms with Crippen molar-refractivity contribution in [1.82, 2.24) is 0 Å². The molecule has 0 bridgehead atoms. The van der Waals surface area contributed by atoms with E-state index < -0.39 is 22.8 Å². The Hall–Kier alpha value is -2.03. The molecule has 108 valence electrons. The van der Waals surface area contributed by atoms with Gasteiger partial charge < -0.3 is 5.32 Å². The molecule has 1 N–H and O–H groups in total. The van der Waals surface area contributed by atoms with E-state index in [1.165, 1.54) is 0 Å². The first-order valence-electron chi connectivity index (χ1n) is 5.87. The lowest BCUT2D eigenvalue weighted by Crippen LogP contribution is -2.28. The van der Waals surface area contributed by atoms with Crippen LogP contribution >= 0.6 is 0 Å². The predicted molar refractivity (Wildman–Crippen MR) is 70.5 cm³/mol. The van der Waals surface area contributed by atoms with Crippen LogP contribution < -0.4 is 5.32 Å². The second kappa shape index (κ2) is 5.16. The molecule has 0 saturated heterocycles. The van der Waals surface area contributed by atoms with Crippen molar-refractivity contribution in [1.29, 1.82) is 0 Å². The number of benzene rings is 1. The summed E-state index contributed by atoms with van der Waals surface area (Å²) in [5.74, 6) is -0.385. The van der Waals surface area contributed by atoms with Crippen molar-refractivity contribution in [3.05, 3.63) is 34.7 Å². The summed E-state index contributed by atoms with van der Waals surface area (Å²) in [4.78, 5) is 14.7. The highest BCUT2D eigenvalue weighted by Gasteiger charge is 2.34. The van der Waals surface area contributed by atoms with Crippen LogP contribution in [0.25, 0.3) is 4.85 Å². The predicted octanol–water partition coefficient (Wildman–Crippen LogP) is 4.55. The van der Waals surface area contributed by atoms with Crippen LogP contribution in [-0.2, 0) is 11.0 Å². The summed E-state index contributed by atoms with van der Waals surface area (Å²) >= 11 is 0. The van der Waals surface area contributed by atoms with Crippen molar-refractivity contribution in [2.24, 2.45) is 5.41 Å². The lowest BCUT2D eigenvalue weighted by molar-refractivity contribution is -0.136. The third-order valence-corrected chi connectivity index (χ3v) is 2.70. The Balaban J connectivity index is 3.31. The van der Waals surface area contributed by atoms with E-state index in [9.17, 15) is 18.0 Å². The standard InChI is InChI=1S/C14H15F3N2O/c1-8-6-11(18-5)9(14(15,16)17)7-10(8)19-12(20)13(2,3)4/h6-7H,1-4H3,(H,19,20). The van der Waals surface area contributed by atoms with Gasteiger partial charge in [-0.15, -0.1) is 0 Å². The SMILES string of the molecule is [C-]#[N+]c1cc(C)c(NC(=O)C(C)(C)C)cc1C(F)(F)F. The van der Waals surface area contributed by atoms with E-state index in [4.69, 9.17) is 6.57 Å². The van der Waals surface area contributed by atoms with Gasteiger partial charge in [0.15, 0.2) is 5.69 Å². The van der Waals surface area contributed by atoms with E-state index in [0.717, 1.165) is 12.1 Å². The van der Waals surface area contributed by atoms with Crippen molar-refractivity contribution in [2.75, 3.05) is 5.32 Å². The number of hydrogen-bond acceptors (Lipinski definition) is 1. The van der Waals surface area contributed by atoms with E-state index in [1.807, 2.05) is 0 Å². The van der Waals surface area contributed by atoms with Crippen LogP contribution in [0.5, 0.6) is 0 Å². The van der Waals surface area contributed by atoms with E-state index in [1.54, 1.807) is 27.7 Å². The summed E-state index contributed by atoms with van der Waals surface area (Å²) in [6.07, 6.45) is -4.63. The maximum atomic E-state index is 12.9. The third-order valence-electron chi connectivity index (χ3n) is 2.70. The van der Waals surface area contributed by atoms with Gasteiger partial charge in [-0.25, -0.2) is 4.85 Å². The zero-order valence-electron chi connectivity index (χ0n) is 11.6. The number of amides is 1. The fourth-order valence-corrected chi connectivity index (χ4v) is 1.46. The molecule has 0 radical (unpaired) electrons.